The monoisotopic (exact) mass is 257 g/mol. The molecule has 0 atom stereocenters. The lowest BCUT2D eigenvalue weighted by Crippen LogP contribution is -2.35. The third kappa shape index (κ3) is 3.17. The second-order valence-electron chi connectivity index (χ2n) is 5.44. The van der Waals surface area contributed by atoms with Crippen molar-refractivity contribution in [2.75, 3.05) is 26.2 Å². The van der Waals surface area contributed by atoms with Crippen LogP contribution in [0.15, 0.2) is 30.5 Å². The first-order valence-electron chi connectivity index (χ1n) is 7.41. The Kier molecular flexibility index (Phi) is 4.16. The second kappa shape index (κ2) is 6.22. The van der Waals surface area contributed by atoms with Gasteiger partial charge in [-0.05, 0) is 43.6 Å². The van der Waals surface area contributed by atoms with Gasteiger partial charge in [-0.15, -0.1) is 0 Å². The molecule has 0 aliphatic carbocycles. The lowest BCUT2D eigenvalue weighted by Gasteiger charge is -2.26. The fourth-order valence-corrected chi connectivity index (χ4v) is 2.95. The van der Waals surface area contributed by atoms with Crippen molar-refractivity contribution in [2.45, 2.75) is 25.8 Å². The molecule has 19 heavy (non-hydrogen) atoms. The van der Waals surface area contributed by atoms with Crippen molar-refractivity contribution >= 4 is 10.9 Å². The molecule has 102 valence electrons. The minimum absolute atomic E-state index is 0.961. The molecule has 3 rings (SSSR count). The molecule has 3 heteroatoms. The summed E-state index contributed by atoms with van der Waals surface area (Å²) in [7, 11) is 0. The van der Waals surface area contributed by atoms with Crippen LogP contribution in [0.3, 0.4) is 0 Å². The van der Waals surface area contributed by atoms with E-state index in [0.717, 1.165) is 13.1 Å². The van der Waals surface area contributed by atoms with E-state index >= 15 is 0 Å². The summed E-state index contributed by atoms with van der Waals surface area (Å²) in [5.41, 5.74) is 2.62. The van der Waals surface area contributed by atoms with E-state index in [2.05, 4.69) is 39.5 Å². The molecule has 0 spiro atoms. The van der Waals surface area contributed by atoms with Gasteiger partial charge in [-0.3, -0.25) is 0 Å². The highest BCUT2D eigenvalue weighted by molar-refractivity contribution is 5.82. The van der Waals surface area contributed by atoms with Crippen LogP contribution in [-0.2, 0) is 6.54 Å². The zero-order valence-electron chi connectivity index (χ0n) is 11.5. The Morgan fingerprint density at radius 2 is 2.00 bits per heavy atom. The van der Waals surface area contributed by atoms with E-state index in [-0.39, 0.29) is 0 Å². The normalized spacial score (nSPS) is 17.1. The fraction of sp³-hybridized carbons (Fsp3) is 0.500. The van der Waals surface area contributed by atoms with Gasteiger partial charge in [-0.2, -0.15) is 0 Å². The number of hydrogen-bond acceptors (Lipinski definition) is 2. The molecule has 1 aromatic heterocycles. The zero-order valence-corrected chi connectivity index (χ0v) is 11.5. The largest absolute Gasteiger partial charge is 0.361 e. The standard InChI is InChI=1S/C16H23N3/c1-2-10-19(11-3-1)12-9-17-13-14-5-4-6-16-15(14)7-8-18-16/h4-8,17-18H,1-3,9-13H2. The molecule has 1 aromatic carbocycles. The first kappa shape index (κ1) is 12.7. The molecule has 0 saturated carbocycles. The third-order valence-electron chi connectivity index (χ3n) is 4.05. The fourth-order valence-electron chi connectivity index (χ4n) is 2.95. The molecule has 0 amide bonds. The van der Waals surface area contributed by atoms with Gasteiger partial charge in [0.15, 0.2) is 0 Å². The van der Waals surface area contributed by atoms with E-state index in [1.807, 2.05) is 6.20 Å². The number of fused-ring (bicyclic) bond motifs is 1. The lowest BCUT2D eigenvalue weighted by atomic mass is 10.1. The van der Waals surface area contributed by atoms with Crippen LogP contribution in [-0.4, -0.2) is 36.1 Å². The Morgan fingerprint density at radius 3 is 2.89 bits per heavy atom. The van der Waals surface area contributed by atoms with Gasteiger partial charge in [0, 0.05) is 36.7 Å². The number of piperidine rings is 1. The third-order valence-corrected chi connectivity index (χ3v) is 4.05. The van der Waals surface area contributed by atoms with Crippen LogP contribution in [0.2, 0.25) is 0 Å². The summed E-state index contributed by atoms with van der Waals surface area (Å²) in [5.74, 6) is 0. The molecular formula is C16H23N3. The summed E-state index contributed by atoms with van der Waals surface area (Å²) >= 11 is 0. The Morgan fingerprint density at radius 1 is 1.11 bits per heavy atom. The van der Waals surface area contributed by atoms with E-state index in [4.69, 9.17) is 0 Å². The minimum Gasteiger partial charge on any atom is -0.361 e. The molecule has 3 nitrogen and oxygen atoms in total. The van der Waals surface area contributed by atoms with Crippen LogP contribution in [0.25, 0.3) is 10.9 Å². The van der Waals surface area contributed by atoms with Gasteiger partial charge < -0.3 is 15.2 Å². The van der Waals surface area contributed by atoms with Crippen molar-refractivity contribution < 1.29 is 0 Å². The highest BCUT2D eigenvalue weighted by Crippen LogP contribution is 2.16. The predicted octanol–water partition coefficient (Wildman–Crippen LogP) is 2.74. The number of aromatic amines is 1. The molecule has 1 aliphatic rings. The van der Waals surface area contributed by atoms with Gasteiger partial charge in [0.2, 0.25) is 0 Å². The maximum Gasteiger partial charge on any atom is 0.0457 e. The first-order valence-corrected chi connectivity index (χ1v) is 7.41. The van der Waals surface area contributed by atoms with Crippen LogP contribution < -0.4 is 5.32 Å². The van der Waals surface area contributed by atoms with Crippen LogP contribution in [0.4, 0.5) is 0 Å². The zero-order chi connectivity index (χ0) is 12.9. The van der Waals surface area contributed by atoms with E-state index in [9.17, 15) is 0 Å². The van der Waals surface area contributed by atoms with Crippen molar-refractivity contribution in [2.24, 2.45) is 0 Å². The molecule has 0 bridgehead atoms. The topological polar surface area (TPSA) is 31.1 Å². The Labute approximate surface area is 115 Å². The number of nitrogens with zero attached hydrogens (tertiary/aromatic N) is 1. The van der Waals surface area contributed by atoms with Crippen molar-refractivity contribution in [3.63, 3.8) is 0 Å². The molecule has 1 aliphatic heterocycles. The smallest absolute Gasteiger partial charge is 0.0457 e. The molecule has 1 fully saturated rings. The maximum absolute atomic E-state index is 3.58. The highest BCUT2D eigenvalue weighted by Gasteiger charge is 2.08. The van der Waals surface area contributed by atoms with Crippen molar-refractivity contribution in [3.05, 3.63) is 36.0 Å². The molecule has 0 radical (unpaired) electrons. The number of H-pyrrole nitrogens is 1. The summed E-state index contributed by atoms with van der Waals surface area (Å²) in [6.07, 6.45) is 6.19. The average Bonchev–Trinajstić information content (AvgIpc) is 2.94. The van der Waals surface area contributed by atoms with Crippen molar-refractivity contribution in [1.82, 2.24) is 15.2 Å². The SMILES string of the molecule is c1cc(CNCCN2CCCCC2)c2cc[nH]c2c1. The van der Waals surface area contributed by atoms with E-state index in [0.29, 0.717) is 0 Å². The van der Waals surface area contributed by atoms with Gasteiger partial charge in [0.25, 0.3) is 0 Å². The second-order valence-corrected chi connectivity index (χ2v) is 5.44. The van der Waals surface area contributed by atoms with Crippen molar-refractivity contribution in [3.8, 4) is 0 Å². The molecule has 0 unspecified atom stereocenters. The average molecular weight is 257 g/mol. The van der Waals surface area contributed by atoms with Gasteiger partial charge in [0.1, 0.15) is 0 Å². The van der Waals surface area contributed by atoms with Gasteiger partial charge >= 0.3 is 0 Å². The Hall–Kier alpha value is -1.32. The summed E-state index contributed by atoms with van der Waals surface area (Å²) < 4.78 is 0. The summed E-state index contributed by atoms with van der Waals surface area (Å²) in [4.78, 5) is 5.84. The Balaban J connectivity index is 1.48. The summed E-state index contributed by atoms with van der Waals surface area (Å²) in [6.45, 7) is 5.80. The first-order chi connectivity index (χ1) is 9.43. The van der Waals surface area contributed by atoms with Gasteiger partial charge in [-0.1, -0.05) is 18.6 Å². The van der Waals surface area contributed by atoms with Gasteiger partial charge in [-0.25, -0.2) is 0 Å². The summed E-state index contributed by atoms with van der Waals surface area (Å²) in [5, 5.41) is 4.92. The lowest BCUT2D eigenvalue weighted by molar-refractivity contribution is 0.229. The molecule has 1 saturated heterocycles. The van der Waals surface area contributed by atoms with Crippen molar-refractivity contribution in [1.29, 1.82) is 0 Å². The number of likely N-dealkylation sites (tertiary alicyclic amines) is 1. The number of aromatic nitrogens is 1. The maximum atomic E-state index is 3.58. The predicted molar refractivity (Wildman–Crippen MR) is 80.3 cm³/mol. The number of nitrogens with one attached hydrogen (secondary N) is 2. The van der Waals surface area contributed by atoms with E-state index < -0.39 is 0 Å². The molecule has 2 N–H and O–H groups in total. The molecule has 2 aromatic rings. The van der Waals surface area contributed by atoms with Crippen LogP contribution in [0.1, 0.15) is 24.8 Å². The quantitative estimate of drug-likeness (QED) is 0.807. The number of hydrogen-bond donors (Lipinski definition) is 2. The Bertz CT molecular complexity index is 511. The van der Waals surface area contributed by atoms with Crippen LogP contribution >= 0.6 is 0 Å². The number of benzene rings is 1. The minimum atomic E-state index is 0.961. The highest BCUT2D eigenvalue weighted by atomic mass is 15.1. The van der Waals surface area contributed by atoms with Crippen LogP contribution in [0.5, 0.6) is 0 Å². The molecular weight excluding hydrogens is 234 g/mol. The van der Waals surface area contributed by atoms with Crippen LogP contribution in [0, 0.1) is 0 Å². The number of rotatable bonds is 5. The summed E-state index contributed by atoms with van der Waals surface area (Å²) in [6, 6.07) is 8.63. The van der Waals surface area contributed by atoms with Gasteiger partial charge in [0.05, 0.1) is 0 Å². The van der Waals surface area contributed by atoms with E-state index in [1.54, 1.807) is 0 Å². The molecule has 2 heterocycles. The van der Waals surface area contributed by atoms with E-state index in [1.165, 1.54) is 55.4 Å².